The second-order valence-electron chi connectivity index (χ2n) is 7.88. The van der Waals surface area contributed by atoms with Crippen LogP contribution in [-0.2, 0) is 9.53 Å². The Labute approximate surface area is 161 Å². The molecule has 3 rings (SSSR count). The first-order chi connectivity index (χ1) is 13.0. The number of rotatable bonds is 8. The molecule has 27 heavy (non-hydrogen) atoms. The fourth-order valence-corrected chi connectivity index (χ4v) is 3.42. The Morgan fingerprint density at radius 3 is 2.37 bits per heavy atom. The average molecular weight is 373 g/mol. The molecule has 2 aliphatic rings. The van der Waals surface area contributed by atoms with Crippen LogP contribution in [0.5, 0.6) is 0 Å². The van der Waals surface area contributed by atoms with Crippen LogP contribution in [0.3, 0.4) is 0 Å². The van der Waals surface area contributed by atoms with Crippen LogP contribution in [0.25, 0.3) is 0 Å². The van der Waals surface area contributed by atoms with E-state index >= 15 is 0 Å². The summed E-state index contributed by atoms with van der Waals surface area (Å²) in [6, 6.07) is 7.24. The van der Waals surface area contributed by atoms with Gasteiger partial charge in [-0.25, -0.2) is 0 Å². The van der Waals surface area contributed by atoms with Gasteiger partial charge in [0.15, 0.2) is 0 Å². The van der Waals surface area contributed by atoms with Gasteiger partial charge in [-0.15, -0.1) is 0 Å². The molecule has 1 aliphatic heterocycles. The molecule has 2 fully saturated rings. The second-order valence-corrected chi connectivity index (χ2v) is 7.88. The highest BCUT2D eigenvalue weighted by Crippen LogP contribution is 2.27. The number of carbonyl (C=O) groups is 2. The summed E-state index contributed by atoms with van der Waals surface area (Å²) >= 11 is 0. The zero-order valence-corrected chi connectivity index (χ0v) is 16.4. The van der Waals surface area contributed by atoms with Gasteiger partial charge in [0.25, 0.3) is 5.91 Å². The molecule has 2 amide bonds. The summed E-state index contributed by atoms with van der Waals surface area (Å²) < 4.78 is 5.72. The highest BCUT2D eigenvalue weighted by molar-refractivity contribution is 5.96. The van der Waals surface area contributed by atoms with E-state index in [2.05, 4.69) is 10.2 Å². The number of hydrogen-bond donors (Lipinski definition) is 1. The van der Waals surface area contributed by atoms with Crippen LogP contribution >= 0.6 is 0 Å². The Kier molecular flexibility index (Phi) is 6.85. The van der Waals surface area contributed by atoms with Crippen molar-refractivity contribution in [1.29, 1.82) is 0 Å². The van der Waals surface area contributed by atoms with Gasteiger partial charge in [0.2, 0.25) is 5.91 Å². The number of ether oxygens (including phenoxy) is 1. The third kappa shape index (κ3) is 5.53. The Morgan fingerprint density at radius 2 is 1.81 bits per heavy atom. The van der Waals surface area contributed by atoms with E-state index in [4.69, 9.17) is 4.74 Å². The van der Waals surface area contributed by atoms with Crippen LogP contribution in [0, 0.1) is 5.92 Å². The Morgan fingerprint density at radius 1 is 1.07 bits per heavy atom. The zero-order valence-electron chi connectivity index (χ0n) is 16.4. The molecule has 0 spiro atoms. The van der Waals surface area contributed by atoms with Gasteiger partial charge in [-0.1, -0.05) is 6.42 Å². The van der Waals surface area contributed by atoms with E-state index in [9.17, 15) is 9.59 Å². The van der Waals surface area contributed by atoms with Crippen molar-refractivity contribution >= 4 is 17.5 Å². The molecular formula is C21H31N3O3. The van der Waals surface area contributed by atoms with Crippen molar-refractivity contribution < 1.29 is 14.3 Å². The number of nitrogens with one attached hydrogen (secondary N) is 1. The monoisotopic (exact) mass is 373 g/mol. The molecular weight excluding hydrogens is 342 g/mol. The number of anilines is 1. The lowest BCUT2D eigenvalue weighted by Gasteiger charge is -2.27. The lowest BCUT2D eigenvalue weighted by atomic mass is 9.85. The van der Waals surface area contributed by atoms with Crippen LogP contribution < -0.4 is 5.32 Å². The Balaban J connectivity index is 1.61. The summed E-state index contributed by atoms with van der Waals surface area (Å²) in [5.74, 6) is 0.259. The summed E-state index contributed by atoms with van der Waals surface area (Å²) in [5.41, 5.74) is 1.40. The topological polar surface area (TPSA) is 61.9 Å². The predicted molar refractivity (Wildman–Crippen MR) is 106 cm³/mol. The van der Waals surface area contributed by atoms with E-state index in [1.165, 1.54) is 0 Å². The van der Waals surface area contributed by atoms with E-state index in [1.54, 1.807) is 12.1 Å². The molecule has 1 aliphatic carbocycles. The van der Waals surface area contributed by atoms with E-state index in [-0.39, 0.29) is 23.8 Å². The molecule has 1 aromatic rings. The fraction of sp³-hybridized carbons (Fsp3) is 0.619. The molecule has 1 saturated carbocycles. The van der Waals surface area contributed by atoms with Crippen LogP contribution in [-0.4, -0.2) is 68.1 Å². The summed E-state index contributed by atoms with van der Waals surface area (Å²) in [6.07, 6.45) is 5.31. The molecule has 0 bridgehead atoms. The van der Waals surface area contributed by atoms with Crippen molar-refractivity contribution in [3.8, 4) is 0 Å². The molecule has 6 nitrogen and oxygen atoms in total. The van der Waals surface area contributed by atoms with Crippen molar-refractivity contribution in [2.75, 3.05) is 45.7 Å². The van der Waals surface area contributed by atoms with Gasteiger partial charge in [0.1, 0.15) is 0 Å². The highest BCUT2D eigenvalue weighted by atomic mass is 16.5. The molecule has 0 radical (unpaired) electrons. The molecule has 6 heteroatoms. The number of carbonyl (C=O) groups excluding carboxylic acids is 2. The third-order valence-corrected chi connectivity index (χ3v) is 5.43. The van der Waals surface area contributed by atoms with Gasteiger partial charge in [-0.05, 0) is 64.0 Å². The summed E-state index contributed by atoms with van der Waals surface area (Å²) in [5, 5.41) is 2.95. The molecule has 0 aromatic heterocycles. The largest absolute Gasteiger partial charge is 0.376 e. The molecule has 1 saturated heterocycles. The maximum absolute atomic E-state index is 13.0. The van der Waals surface area contributed by atoms with Crippen molar-refractivity contribution in [3.63, 3.8) is 0 Å². The number of hydrogen-bond acceptors (Lipinski definition) is 4. The first-order valence-electron chi connectivity index (χ1n) is 9.99. The van der Waals surface area contributed by atoms with Crippen molar-refractivity contribution in [2.24, 2.45) is 5.92 Å². The minimum atomic E-state index is 0.0178. The molecule has 1 N–H and O–H groups in total. The summed E-state index contributed by atoms with van der Waals surface area (Å²) in [4.78, 5) is 29.0. The predicted octanol–water partition coefficient (Wildman–Crippen LogP) is 2.61. The lowest BCUT2D eigenvalue weighted by Crippen LogP contribution is -2.41. The molecule has 1 aromatic carbocycles. The number of nitrogens with zero attached hydrogens (tertiary/aromatic N) is 2. The van der Waals surface area contributed by atoms with Gasteiger partial charge in [0, 0.05) is 43.4 Å². The lowest BCUT2D eigenvalue weighted by molar-refractivity contribution is -0.122. The molecule has 1 atom stereocenters. The standard InChI is InChI=1S/C21H31N3O3/c1-23(2)12-13-24(15-19-7-4-14-27-19)21(26)17-8-10-18(11-9-17)22-20(25)16-5-3-6-16/h8-11,16,19H,3-7,12-15H2,1-2H3,(H,22,25)/t19-/m1/s1. The second kappa shape index (κ2) is 9.33. The Hall–Kier alpha value is -1.92. The van der Waals surface area contributed by atoms with Crippen LogP contribution in [0.2, 0.25) is 0 Å². The van der Waals surface area contributed by atoms with Crippen molar-refractivity contribution in [2.45, 2.75) is 38.2 Å². The number of benzene rings is 1. The first-order valence-corrected chi connectivity index (χ1v) is 9.99. The average Bonchev–Trinajstić information content (AvgIpc) is 3.10. The minimum Gasteiger partial charge on any atom is -0.376 e. The van der Waals surface area contributed by atoms with Gasteiger partial charge in [-0.3, -0.25) is 9.59 Å². The van der Waals surface area contributed by atoms with Gasteiger partial charge >= 0.3 is 0 Å². The Bertz CT molecular complexity index is 635. The SMILES string of the molecule is CN(C)CCN(C[C@H]1CCCO1)C(=O)c1ccc(NC(=O)C2CCC2)cc1. The molecule has 148 valence electrons. The third-order valence-electron chi connectivity index (χ3n) is 5.43. The van der Waals surface area contributed by atoms with Crippen LogP contribution in [0.1, 0.15) is 42.5 Å². The van der Waals surface area contributed by atoms with Gasteiger partial charge in [-0.2, -0.15) is 0 Å². The van der Waals surface area contributed by atoms with E-state index in [0.717, 1.165) is 50.9 Å². The summed E-state index contributed by atoms with van der Waals surface area (Å²) in [6.45, 7) is 2.91. The number of amides is 2. The van der Waals surface area contributed by atoms with Crippen LogP contribution in [0.4, 0.5) is 5.69 Å². The smallest absolute Gasteiger partial charge is 0.253 e. The normalized spacial score (nSPS) is 19.7. The van der Waals surface area contributed by atoms with E-state index in [0.29, 0.717) is 18.7 Å². The summed E-state index contributed by atoms with van der Waals surface area (Å²) in [7, 11) is 4.02. The zero-order chi connectivity index (χ0) is 19.2. The molecule has 1 heterocycles. The van der Waals surface area contributed by atoms with Gasteiger partial charge in [0.05, 0.1) is 6.10 Å². The maximum Gasteiger partial charge on any atom is 0.253 e. The van der Waals surface area contributed by atoms with E-state index < -0.39 is 0 Å². The quantitative estimate of drug-likeness (QED) is 0.761. The fourth-order valence-electron chi connectivity index (χ4n) is 3.42. The first kappa shape index (κ1) is 19.8. The maximum atomic E-state index is 13.0. The van der Waals surface area contributed by atoms with Crippen molar-refractivity contribution in [1.82, 2.24) is 9.80 Å². The van der Waals surface area contributed by atoms with Crippen molar-refractivity contribution in [3.05, 3.63) is 29.8 Å². The highest BCUT2D eigenvalue weighted by Gasteiger charge is 2.26. The van der Waals surface area contributed by atoms with Crippen LogP contribution in [0.15, 0.2) is 24.3 Å². The van der Waals surface area contributed by atoms with E-state index in [1.807, 2.05) is 31.1 Å². The van der Waals surface area contributed by atoms with Gasteiger partial charge < -0.3 is 19.9 Å². The number of likely N-dealkylation sites (N-methyl/N-ethyl adjacent to an activating group) is 1. The molecule has 0 unspecified atom stereocenters. The minimum absolute atomic E-state index is 0.0178.